The Labute approximate surface area is 187 Å². The van der Waals surface area contributed by atoms with Crippen LogP contribution in [-0.4, -0.2) is 49.6 Å². The molecule has 1 aliphatic carbocycles. The predicted molar refractivity (Wildman–Crippen MR) is 119 cm³/mol. The van der Waals surface area contributed by atoms with Crippen LogP contribution in [0.4, 0.5) is 8.78 Å². The second-order valence-corrected chi connectivity index (χ2v) is 7.31. The lowest BCUT2D eigenvalue weighted by Crippen LogP contribution is -2.45. The van der Waals surface area contributed by atoms with Crippen LogP contribution in [0, 0.1) is 5.92 Å². The van der Waals surface area contributed by atoms with Crippen LogP contribution in [0.1, 0.15) is 37.7 Å². The Hall–Kier alpha value is -1.65. The van der Waals surface area contributed by atoms with Crippen LogP contribution >= 0.6 is 24.0 Å². The maximum absolute atomic E-state index is 12.6. The number of benzene rings is 1. The monoisotopic (exact) mass is 522 g/mol. The van der Waals surface area contributed by atoms with E-state index < -0.39 is 6.61 Å². The first-order valence-corrected chi connectivity index (χ1v) is 9.85. The van der Waals surface area contributed by atoms with Crippen LogP contribution < -0.4 is 15.4 Å². The van der Waals surface area contributed by atoms with Gasteiger partial charge in [-0.1, -0.05) is 31.0 Å². The molecule has 3 rings (SSSR count). The lowest BCUT2D eigenvalue weighted by molar-refractivity contribution is -0.134. The molecule has 29 heavy (non-hydrogen) atoms. The van der Waals surface area contributed by atoms with Gasteiger partial charge in [-0.05, 0) is 25.3 Å². The second kappa shape index (κ2) is 11.5. The quantitative estimate of drug-likeness (QED) is 0.342. The van der Waals surface area contributed by atoms with Crippen LogP contribution in [0.3, 0.4) is 0 Å². The van der Waals surface area contributed by atoms with E-state index in [2.05, 4.69) is 20.4 Å². The molecule has 0 aromatic heterocycles. The molecule has 2 N–H and O–H groups in total. The number of amides is 1. The van der Waals surface area contributed by atoms with Crippen LogP contribution in [0.5, 0.6) is 5.75 Å². The molecule has 1 atom stereocenters. The van der Waals surface area contributed by atoms with Gasteiger partial charge >= 0.3 is 6.61 Å². The predicted octanol–water partition coefficient (Wildman–Crippen LogP) is 3.36. The molecule has 1 heterocycles. The molecule has 1 amide bonds. The number of nitrogens with one attached hydrogen (secondary N) is 2. The van der Waals surface area contributed by atoms with Gasteiger partial charge in [-0.25, -0.2) is 0 Å². The summed E-state index contributed by atoms with van der Waals surface area (Å²) >= 11 is 0. The lowest BCUT2D eigenvalue weighted by atomic mass is 10.1. The minimum atomic E-state index is -2.86. The number of guanidine groups is 1. The number of hydrogen-bond donors (Lipinski definition) is 2. The van der Waals surface area contributed by atoms with Gasteiger partial charge in [0.1, 0.15) is 5.75 Å². The fourth-order valence-electron chi connectivity index (χ4n) is 3.94. The van der Waals surface area contributed by atoms with Crippen molar-refractivity contribution in [3.8, 4) is 5.75 Å². The Balaban J connectivity index is 0.00000300. The molecule has 1 unspecified atom stereocenters. The minimum Gasteiger partial charge on any atom is -0.434 e. The molecule has 1 saturated carbocycles. The van der Waals surface area contributed by atoms with E-state index in [9.17, 15) is 13.6 Å². The van der Waals surface area contributed by atoms with Gasteiger partial charge in [-0.3, -0.25) is 9.79 Å². The number of carbonyl (C=O) groups is 1. The summed E-state index contributed by atoms with van der Waals surface area (Å²) in [4.78, 5) is 18.7. The Bertz CT molecular complexity index is 699. The van der Waals surface area contributed by atoms with Crippen LogP contribution in [0.25, 0.3) is 0 Å². The molecule has 0 radical (unpaired) electrons. The molecule has 1 aromatic rings. The number of nitrogens with zero attached hydrogens (tertiary/aromatic N) is 2. The number of halogens is 3. The van der Waals surface area contributed by atoms with Gasteiger partial charge in [0.2, 0.25) is 5.91 Å². The molecule has 1 saturated heterocycles. The first kappa shape index (κ1) is 23.6. The van der Waals surface area contributed by atoms with Crippen molar-refractivity contribution in [1.82, 2.24) is 15.5 Å². The Morgan fingerprint density at radius 1 is 1.28 bits per heavy atom. The number of para-hydroxylation sites is 1. The van der Waals surface area contributed by atoms with Crippen molar-refractivity contribution in [1.29, 1.82) is 0 Å². The molecule has 162 valence electrons. The smallest absolute Gasteiger partial charge is 0.387 e. The summed E-state index contributed by atoms with van der Waals surface area (Å²) in [6.45, 7) is -1.13. The highest BCUT2D eigenvalue weighted by Crippen LogP contribution is 2.28. The average Bonchev–Trinajstić information content (AvgIpc) is 3.37. The highest BCUT2D eigenvalue weighted by atomic mass is 127. The SMILES string of the molecule is CN=C(NCc1ccccc1OC(F)F)NC1CCN(C(=O)C2CCCC2)C1.I. The van der Waals surface area contributed by atoms with E-state index in [0.29, 0.717) is 24.6 Å². The van der Waals surface area contributed by atoms with Crippen molar-refractivity contribution < 1.29 is 18.3 Å². The number of rotatable bonds is 6. The highest BCUT2D eigenvalue weighted by molar-refractivity contribution is 14.0. The molecule has 0 spiro atoms. The number of carbonyl (C=O) groups excluding carboxylic acids is 1. The molecule has 2 aliphatic rings. The van der Waals surface area contributed by atoms with Crippen molar-refractivity contribution in [2.75, 3.05) is 20.1 Å². The standard InChI is InChI=1S/C20H28F2N4O2.HI/c1-23-20(24-12-15-8-4-5-9-17(15)28-19(21)22)25-16-10-11-26(13-16)18(27)14-6-2-3-7-14;/h4-5,8-9,14,16,19H,2-3,6-7,10-13H2,1H3,(H2,23,24,25);1H. The molecule has 2 fully saturated rings. The summed E-state index contributed by atoms with van der Waals surface area (Å²) in [7, 11) is 1.66. The van der Waals surface area contributed by atoms with Crippen LogP contribution in [-0.2, 0) is 11.3 Å². The topological polar surface area (TPSA) is 66.0 Å². The van der Waals surface area contributed by atoms with Crippen molar-refractivity contribution >= 4 is 35.8 Å². The van der Waals surface area contributed by atoms with Gasteiger partial charge in [-0.15, -0.1) is 24.0 Å². The van der Waals surface area contributed by atoms with Crippen LogP contribution in [0.15, 0.2) is 29.3 Å². The fourth-order valence-corrected chi connectivity index (χ4v) is 3.94. The summed E-state index contributed by atoms with van der Waals surface area (Å²) < 4.78 is 29.6. The van der Waals surface area contributed by atoms with Crippen LogP contribution in [0.2, 0.25) is 0 Å². The third-order valence-electron chi connectivity index (χ3n) is 5.40. The molecule has 0 bridgehead atoms. The average molecular weight is 522 g/mol. The van der Waals surface area contributed by atoms with Gasteiger partial charge < -0.3 is 20.3 Å². The van der Waals surface area contributed by atoms with E-state index in [1.165, 1.54) is 6.07 Å². The molecular weight excluding hydrogens is 493 g/mol. The first-order chi connectivity index (χ1) is 13.6. The zero-order valence-corrected chi connectivity index (χ0v) is 18.9. The summed E-state index contributed by atoms with van der Waals surface area (Å²) in [5.74, 6) is 1.20. The Morgan fingerprint density at radius 3 is 2.69 bits per heavy atom. The van der Waals surface area contributed by atoms with Gasteiger partial charge in [0, 0.05) is 44.2 Å². The number of likely N-dealkylation sites (tertiary alicyclic amines) is 1. The summed E-state index contributed by atoms with van der Waals surface area (Å²) in [5, 5.41) is 6.46. The third-order valence-corrected chi connectivity index (χ3v) is 5.40. The third kappa shape index (κ3) is 6.68. The van der Waals surface area contributed by atoms with E-state index >= 15 is 0 Å². The molecule has 6 nitrogen and oxygen atoms in total. The van der Waals surface area contributed by atoms with Crippen molar-refractivity contribution in [2.45, 2.75) is 51.3 Å². The number of hydrogen-bond acceptors (Lipinski definition) is 3. The summed E-state index contributed by atoms with van der Waals surface area (Å²) in [6, 6.07) is 6.81. The highest BCUT2D eigenvalue weighted by Gasteiger charge is 2.32. The van der Waals surface area contributed by atoms with Gasteiger partial charge in [0.15, 0.2) is 5.96 Å². The van der Waals surface area contributed by atoms with Crippen molar-refractivity contribution in [2.24, 2.45) is 10.9 Å². The number of alkyl halides is 2. The van der Waals surface area contributed by atoms with Gasteiger partial charge in [-0.2, -0.15) is 8.78 Å². The van der Waals surface area contributed by atoms with E-state index in [4.69, 9.17) is 0 Å². The molecule has 1 aromatic carbocycles. The molecule has 9 heteroatoms. The van der Waals surface area contributed by atoms with Gasteiger partial charge in [0.25, 0.3) is 0 Å². The van der Waals surface area contributed by atoms with Gasteiger partial charge in [0.05, 0.1) is 0 Å². The Morgan fingerprint density at radius 2 is 2.00 bits per heavy atom. The maximum Gasteiger partial charge on any atom is 0.387 e. The first-order valence-electron chi connectivity index (χ1n) is 9.85. The normalized spacial score (nSPS) is 19.9. The maximum atomic E-state index is 12.6. The molecular formula is C20H29F2IN4O2. The summed E-state index contributed by atoms with van der Waals surface area (Å²) in [6.07, 6.45) is 5.19. The summed E-state index contributed by atoms with van der Waals surface area (Å²) in [5.41, 5.74) is 0.621. The largest absolute Gasteiger partial charge is 0.434 e. The fraction of sp³-hybridized carbons (Fsp3) is 0.600. The number of ether oxygens (including phenoxy) is 1. The van der Waals surface area contributed by atoms with Crippen molar-refractivity contribution in [3.63, 3.8) is 0 Å². The minimum absolute atomic E-state index is 0. The lowest BCUT2D eigenvalue weighted by Gasteiger charge is -2.21. The Kier molecular flexibility index (Phi) is 9.38. The molecule has 1 aliphatic heterocycles. The van der Waals surface area contributed by atoms with E-state index in [1.54, 1.807) is 25.2 Å². The van der Waals surface area contributed by atoms with Crippen molar-refractivity contribution in [3.05, 3.63) is 29.8 Å². The van der Waals surface area contributed by atoms with E-state index in [0.717, 1.165) is 38.6 Å². The zero-order chi connectivity index (χ0) is 19.9. The zero-order valence-electron chi connectivity index (χ0n) is 16.6. The second-order valence-electron chi connectivity index (χ2n) is 7.31. The van der Waals surface area contributed by atoms with E-state index in [1.807, 2.05) is 4.90 Å². The van der Waals surface area contributed by atoms with E-state index in [-0.39, 0.29) is 47.6 Å². The number of aliphatic imine (C=N–C) groups is 1.